The van der Waals surface area contributed by atoms with Gasteiger partial charge in [-0.2, -0.15) is 0 Å². The van der Waals surface area contributed by atoms with Crippen LogP contribution in [0.25, 0.3) is 10.2 Å². The fraction of sp³-hybridized carbons (Fsp3) is 0.611. The van der Waals surface area contributed by atoms with Gasteiger partial charge in [0.15, 0.2) is 0 Å². The van der Waals surface area contributed by atoms with E-state index in [-0.39, 0.29) is 17.6 Å². The van der Waals surface area contributed by atoms with E-state index in [2.05, 4.69) is 4.98 Å². The molecule has 2 aromatic rings. The molecule has 0 radical (unpaired) electrons. The highest BCUT2D eigenvalue weighted by Crippen LogP contribution is 2.34. The summed E-state index contributed by atoms with van der Waals surface area (Å²) in [6.45, 7) is 1.73. The molecular formula is C18H22N2O3S. The van der Waals surface area contributed by atoms with Gasteiger partial charge in [-0.1, -0.05) is 6.42 Å². The summed E-state index contributed by atoms with van der Waals surface area (Å²) >= 11 is 1.62. The Morgan fingerprint density at radius 2 is 2.08 bits per heavy atom. The van der Waals surface area contributed by atoms with E-state index >= 15 is 0 Å². The molecule has 0 N–H and O–H groups in total. The number of aromatic nitrogens is 2. The fourth-order valence-electron chi connectivity index (χ4n) is 3.83. The lowest BCUT2D eigenvalue weighted by molar-refractivity contribution is -0.154. The molecular weight excluding hydrogens is 324 g/mol. The molecule has 1 fully saturated rings. The Morgan fingerprint density at radius 1 is 1.29 bits per heavy atom. The first-order valence-corrected chi connectivity index (χ1v) is 9.68. The maximum atomic E-state index is 12.9. The molecule has 4 rings (SSSR count). The second-order valence-corrected chi connectivity index (χ2v) is 7.95. The maximum Gasteiger partial charge on any atom is 0.329 e. The summed E-state index contributed by atoms with van der Waals surface area (Å²) in [4.78, 5) is 31.9. The first-order valence-electron chi connectivity index (χ1n) is 8.87. The predicted octanol–water partition coefficient (Wildman–Crippen LogP) is 3.38. The number of carbonyl (C=O) groups excluding carboxylic acids is 1. The molecule has 0 spiro atoms. The SMILES string of the molecule is C[C@H](C(=O)OC1CCCCC1)n1cnc2sc3c(c2c1=O)CCC3. The summed E-state index contributed by atoms with van der Waals surface area (Å²) in [5.74, 6) is -0.322. The Morgan fingerprint density at radius 3 is 2.88 bits per heavy atom. The molecule has 0 aromatic carbocycles. The van der Waals surface area contributed by atoms with Gasteiger partial charge in [0.05, 0.1) is 11.7 Å². The minimum atomic E-state index is -0.631. The van der Waals surface area contributed by atoms with Gasteiger partial charge in [0.2, 0.25) is 0 Å². The lowest BCUT2D eigenvalue weighted by Gasteiger charge is -2.24. The number of ether oxygens (including phenoxy) is 1. The van der Waals surface area contributed by atoms with E-state index in [0.717, 1.165) is 55.3 Å². The molecule has 1 saturated carbocycles. The van der Waals surface area contributed by atoms with Crippen molar-refractivity contribution in [1.29, 1.82) is 0 Å². The van der Waals surface area contributed by atoms with Crippen LogP contribution in [0, 0.1) is 0 Å². The minimum Gasteiger partial charge on any atom is -0.461 e. The Bertz CT molecular complexity index is 833. The highest BCUT2D eigenvalue weighted by molar-refractivity contribution is 7.18. The van der Waals surface area contributed by atoms with E-state index in [4.69, 9.17) is 4.74 Å². The number of nitrogens with zero attached hydrogens (tertiary/aromatic N) is 2. The minimum absolute atomic E-state index is 0.00601. The Balaban J connectivity index is 1.62. The van der Waals surface area contributed by atoms with Crippen LogP contribution >= 0.6 is 11.3 Å². The standard InChI is InChI=1S/C18H22N2O3S/c1-11(18(22)23-12-6-3-2-4-7-12)20-10-19-16-15(17(20)21)13-8-5-9-14(13)24-16/h10-12H,2-9H2,1H3/t11-/m1/s1. The number of fused-ring (bicyclic) bond motifs is 3. The third-order valence-corrected chi connectivity index (χ3v) is 6.44. The summed E-state index contributed by atoms with van der Waals surface area (Å²) in [5, 5.41) is 0.715. The van der Waals surface area contributed by atoms with Gasteiger partial charge in [-0.25, -0.2) is 9.78 Å². The van der Waals surface area contributed by atoms with E-state index in [1.807, 2.05) is 0 Å². The highest BCUT2D eigenvalue weighted by Gasteiger charge is 2.26. The van der Waals surface area contributed by atoms with Crippen LogP contribution in [0.5, 0.6) is 0 Å². The zero-order chi connectivity index (χ0) is 16.7. The third-order valence-electron chi connectivity index (χ3n) is 5.24. The van der Waals surface area contributed by atoms with Crippen LogP contribution in [0.3, 0.4) is 0 Å². The average Bonchev–Trinajstić information content (AvgIpc) is 3.16. The van der Waals surface area contributed by atoms with Gasteiger partial charge in [-0.3, -0.25) is 9.36 Å². The molecule has 0 amide bonds. The van der Waals surface area contributed by atoms with Crippen molar-refractivity contribution in [3.8, 4) is 0 Å². The maximum absolute atomic E-state index is 12.9. The average molecular weight is 346 g/mol. The zero-order valence-corrected chi connectivity index (χ0v) is 14.7. The lowest BCUT2D eigenvalue weighted by atomic mass is 9.98. The van der Waals surface area contributed by atoms with Crippen LogP contribution < -0.4 is 5.56 Å². The van der Waals surface area contributed by atoms with E-state index in [1.165, 1.54) is 22.2 Å². The van der Waals surface area contributed by atoms with Crippen molar-refractivity contribution in [3.05, 3.63) is 27.1 Å². The van der Waals surface area contributed by atoms with Crippen LogP contribution in [0.1, 0.15) is 61.9 Å². The fourth-order valence-corrected chi connectivity index (χ4v) is 5.05. The van der Waals surface area contributed by atoms with Crippen molar-refractivity contribution in [3.63, 3.8) is 0 Å². The summed E-state index contributed by atoms with van der Waals surface area (Å²) in [6, 6.07) is -0.631. The summed E-state index contributed by atoms with van der Waals surface area (Å²) in [5.41, 5.74) is 1.04. The van der Waals surface area contributed by atoms with Gasteiger partial charge in [0.25, 0.3) is 5.56 Å². The lowest BCUT2D eigenvalue weighted by Crippen LogP contribution is -2.32. The second-order valence-electron chi connectivity index (χ2n) is 6.87. The van der Waals surface area contributed by atoms with Crippen molar-refractivity contribution >= 4 is 27.5 Å². The Hall–Kier alpha value is -1.69. The van der Waals surface area contributed by atoms with Crippen LogP contribution in [0.2, 0.25) is 0 Å². The number of carbonyl (C=O) groups is 1. The van der Waals surface area contributed by atoms with Crippen molar-refractivity contribution in [2.24, 2.45) is 0 Å². The summed E-state index contributed by atoms with van der Waals surface area (Å²) in [6.07, 6.45) is 9.89. The summed E-state index contributed by atoms with van der Waals surface area (Å²) < 4.78 is 7.07. The van der Waals surface area contributed by atoms with Crippen LogP contribution in [0.15, 0.2) is 11.1 Å². The largest absolute Gasteiger partial charge is 0.461 e. The van der Waals surface area contributed by atoms with Crippen LogP contribution in [-0.2, 0) is 22.4 Å². The molecule has 1 atom stereocenters. The van der Waals surface area contributed by atoms with Crippen molar-refractivity contribution in [2.75, 3.05) is 0 Å². The van der Waals surface area contributed by atoms with Crippen molar-refractivity contribution < 1.29 is 9.53 Å². The number of esters is 1. The number of hydrogen-bond donors (Lipinski definition) is 0. The molecule has 0 bridgehead atoms. The third kappa shape index (κ3) is 2.66. The number of rotatable bonds is 3. The molecule has 0 aliphatic heterocycles. The van der Waals surface area contributed by atoms with Crippen molar-refractivity contribution in [2.45, 2.75) is 70.4 Å². The molecule has 24 heavy (non-hydrogen) atoms. The second kappa shape index (κ2) is 6.31. The van der Waals surface area contributed by atoms with Gasteiger partial charge >= 0.3 is 5.97 Å². The van der Waals surface area contributed by atoms with E-state index in [0.29, 0.717) is 5.39 Å². The topological polar surface area (TPSA) is 61.2 Å². The molecule has 0 unspecified atom stereocenters. The predicted molar refractivity (Wildman–Crippen MR) is 93.6 cm³/mol. The molecule has 2 aliphatic carbocycles. The molecule has 6 heteroatoms. The van der Waals surface area contributed by atoms with E-state index in [1.54, 1.807) is 18.3 Å². The number of aryl methyl sites for hydroxylation is 2. The first kappa shape index (κ1) is 15.8. The first-order chi connectivity index (χ1) is 11.6. The van der Waals surface area contributed by atoms with Gasteiger partial charge < -0.3 is 4.74 Å². The van der Waals surface area contributed by atoms with E-state index in [9.17, 15) is 9.59 Å². The van der Waals surface area contributed by atoms with Gasteiger partial charge in [-0.15, -0.1) is 11.3 Å². The molecule has 0 saturated heterocycles. The molecule has 2 aromatic heterocycles. The number of hydrogen-bond acceptors (Lipinski definition) is 5. The summed E-state index contributed by atoms with van der Waals surface area (Å²) in [7, 11) is 0. The molecule has 2 aliphatic rings. The Labute approximate surface area is 144 Å². The monoisotopic (exact) mass is 346 g/mol. The van der Waals surface area contributed by atoms with E-state index < -0.39 is 6.04 Å². The van der Waals surface area contributed by atoms with Crippen LogP contribution in [-0.4, -0.2) is 21.6 Å². The van der Waals surface area contributed by atoms with Gasteiger partial charge in [-0.05, 0) is 57.4 Å². The highest BCUT2D eigenvalue weighted by atomic mass is 32.1. The normalized spacial score (nSPS) is 19.4. The molecule has 2 heterocycles. The zero-order valence-electron chi connectivity index (χ0n) is 13.9. The van der Waals surface area contributed by atoms with Crippen LogP contribution in [0.4, 0.5) is 0 Å². The van der Waals surface area contributed by atoms with Gasteiger partial charge in [0, 0.05) is 4.88 Å². The Kier molecular flexibility index (Phi) is 4.16. The smallest absolute Gasteiger partial charge is 0.329 e. The molecule has 128 valence electrons. The van der Waals surface area contributed by atoms with Crippen molar-refractivity contribution in [1.82, 2.24) is 9.55 Å². The quantitative estimate of drug-likeness (QED) is 0.799. The molecule has 5 nitrogen and oxygen atoms in total. The van der Waals surface area contributed by atoms with Gasteiger partial charge in [0.1, 0.15) is 17.0 Å². The number of thiophene rings is 1.